The monoisotopic (exact) mass is 458 g/mol. The fraction of sp³-hybridized carbons (Fsp3) is 0.462. The number of aryl methyl sites for hydroxylation is 3. The van der Waals surface area contributed by atoms with Crippen molar-refractivity contribution in [1.29, 1.82) is 0 Å². The molecule has 32 heavy (non-hydrogen) atoms. The Morgan fingerprint density at radius 2 is 1.66 bits per heavy atom. The first-order valence-electron chi connectivity index (χ1n) is 11.2. The summed E-state index contributed by atoms with van der Waals surface area (Å²) in [5.74, 6) is 0.220. The fourth-order valence-electron chi connectivity index (χ4n) is 3.55. The van der Waals surface area contributed by atoms with E-state index in [9.17, 15) is 9.59 Å². The lowest BCUT2D eigenvalue weighted by atomic mass is 10.1. The first-order chi connectivity index (χ1) is 15.2. The maximum Gasteiger partial charge on any atom is 0.261 e. The predicted molar refractivity (Wildman–Crippen MR) is 130 cm³/mol. The van der Waals surface area contributed by atoms with Gasteiger partial charge < -0.3 is 15.0 Å². The molecule has 0 bridgehead atoms. The largest absolute Gasteiger partial charge is 0.484 e. The molecule has 0 aliphatic carbocycles. The number of carbonyl (C=O) groups excluding carboxylic acids is 2. The topological polar surface area (TPSA) is 58.6 Å². The van der Waals surface area contributed by atoms with Crippen LogP contribution in [-0.2, 0) is 16.1 Å². The van der Waals surface area contributed by atoms with E-state index < -0.39 is 6.04 Å². The van der Waals surface area contributed by atoms with Crippen LogP contribution >= 0.6 is 11.6 Å². The maximum atomic E-state index is 13.3. The minimum atomic E-state index is -0.576. The Morgan fingerprint density at radius 3 is 2.22 bits per heavy atom. The van der Waals surface area contributed by atoms with Gasteiger partial charge in [0, 0.05) is 17.6 Å². The zero-order valence-electron chi connectivity index (χ0n) is 20.0. The molecule has 1 N–H and O–H groups in total. The smallest absolute Gasteiger partial charge is 0.261 e. The quantitative estimate of drug-likeness (QED) is 0.521. The average molecular weight is 459 g/mol. The summed E-state index contributed by atoms with van der Waals surface area (Å²) in [6.45, 7) is 11.9. The van der Waals surface area contributed by atoms with E-state index in [1.807, 2.05) is 77.9 Å². The van der Waals surface area contributed by atoms with Crippen LogP contribution in [0.1, 0.15) is 55.9 Å². The summed E-state index contributed by atoms with van der Waals surface area (Å²) < 4.78 is 5.83. The van der Waals surface area contributed by atoms with Gasteiger partial charge >= 0.3 is 0 Å². The summed E-state index contributed by atoms with van der Waals surface area (Å²) in [5, 5.41) is 3.72. The molecule has 0 spiro atoms. The van der Waals surface area contributed by atoms with E-state index in [1.165, 1.54) is 0 Å². The molecule has 2 aromatic rings. The van der Waals surface area contributed by atoms with Crippen molar-refractivity contribution >= 4 is 23.4 Å². The molecule has 0 heterocycles. The number of amides is 2. The van der Waals surface area contributed by atoms with Gasteiger partial charge in [0.15, 0.2) is 6.61 Å². The Morgan fingerprint density at radius 1 is 1.03 bits per heavy atom. The highest BCUT2D eigenvalue weighted by Gasteiger charge is 2.29. The molecule has 0 aliphatic rings. The Bertz CT molecular complexity index is 921. The Hall–Kier alpha value is -2.53. The highest BCUT2D eigenvalue weighted by Crippen LogP contribution is 2.26. The number of nitrogens with zero attached hydrogens (tertiary/aromatic N) is 1. The molecular formula is C26H35ClN2O3. The minimum absolute atomic E-state index is 0.0447. The highest BCUT2D eigenvalue weighted by atomic mass is 35.5. The van der Waals surface area contributed by atoms with Crippen LogP contribution < -0.4 is 10.1 Å². The van der Waals surface area contributed by atoms with Crippen molar-refractivity contribution in [3.8, 4) is 5.75 Å². The maximum absolute atomic E-state index is 13.3. The Kier molecular flexibility index (Phi) is 9.58. The van der Waals surface area contributed by atoms with Gasteiger partial charge in [0.2, 0.25) is 5.91 Å². The van der Waals surface area contributed by atoms with Crippen molar-refractivity contribution < 1.29 is 14.3 Å². The molecular weight excluding hydrogens is 424 g/mol. The molecule has 0 radical (unpaired) electrons. The molecule has 0 fully saturated rings. The lowest BCUT2D eigenvalue weighted by Gasteiger charge is -2.31. The third-order valence-electron chi connectivity index (χ3n) is 5.76. The van der Waals surface area contributed by atoms with Crippen LogP contribution in [-0.4, -0.2) is 35.4 Å². The van der Waals surface area contributed by atoms with E-state index in [4.69, 9.17) is 16.3 Å². The standard InChI is InChI=1S/C26H35ClN2O3/c1-7-20(6)28-26(31)23(8-2)29(15-21-12-10-9-11-17(21)3)24(30)16-32-22-13-18(4)25(27)19(5)14-22/h9-14,20,23H,7-8,15-16H2,1-6H3,(H,28,31)/t20-,23+/m0/s1. The molecule has 174 valence electrons. The van der Waals surface area contributed by atoms with Crippen LogP contribution in [0.2, 0.25) is 5.02 Å². The summed E-state index contributed by atoms with van der Waals surface area (Å²) in [5.41, 5.74) is 3.87. The summed E-state index contributed by atoms with van der Waals surface area (Å²) in [4.78, 5) is 28.0. The van der Waals surface area contributed by atoms with E-state index in [0.717, 1.165) is 28.7 Å². The summed E-state index contributed by atoms with van der Waals surface area (Å²) in [6, 6.07) is 11.0. The third-order valence-corrected chi connectivity index (χ3v) is 6.36. The second-order valence-corrected chi connectivity index (χ2v) is 8.73. The van der Waals surface area contributed by atoms with E-state index >= 15 is 0 Å². The number of ether oxygens (including phenoxy) is 1. The van der Waals surface area contributed by atoms with Gasteiger partial charge in [-0.05, 0) is 74.9 Å². The lowest BCUT2D eigenvalue weighted by Crippen LogP contribution is -2.51. The van der Waals surface area contributed by atoms with Gasteiger partial charge in [0.1, 0.15) is 11.8 Å². The number of rotatable bonds is 10. The van der Waals surface area contributed by atoms with Gasteiger partial charge in [-0.1, -0.05) is 49.7 Å². The molecule has 0 unspecified atom stereocenters. The van der Waals surface area contributed by atoms with Crippen molar-refractivity contribution in [3.63, 3.8) is 0 Å². The zero-order valence-corrected chi connectivity index (χ0v) is 20.8. The third kappa shape index (κ3) is 6.73. The number of carbonyl (C=O) groups is 2. The molecule has 2 atom stereocenters. The fourth-order valence-corrected chi connectivity index (χ4v) is 3.66. The zero-order chi connectivity index (χ0) is 23.8. The van der Waals surface area contributed by atoms with E-state index in [2.05, 4.69) is 5.32 Å². The van der Waals surface area contributed by atoms with Crippen LogP contribution in [0.3, 0.4) is 0 Å². The molecule has 0 aromatic heterocycles. The molecule has 5 nitrogen and oxygen atoms in total. The normalized spacial score (nSPS) is 12.7. The number of nitrogens with one attached hydrogen (secondary N) is 1. The number of benzene rings is 2. The van der Waals surface area contributed by atoms with Crippen molar-refractivity contribution in [1.82, 2.24) is 10.2 Å². The SMILES string of the molecule is CC[C@H](C(=O)N[C@@H](C)CC)N(Cc1ccccc1C)C(=O)COc1cc(C)c(Cl)c(C)c1. The predicted octanol–water partition coefficient (Wildman–Crippen LogP) is 5.37. The number of hydrogen-bond donors (Lipinski definition) is 1. The summed E-state index contributed by atoms with van der Waals surface area (Å²) in [6.07, 6.45) is 1.34. The van der Waals surface area contributed by atoms with Crippen molar-refractivity contribution in [2.24, 2.45) is 0 Å². The number of halogens is 1. The van der Waals surface area contributed by atoms with Gasteiger partial charge in [-0.15, -0.1) is 0 Å². The minimum Gasteiger partial charge on any atom is -0.484 e. The van der Waals surface area contributed by atoms with Gasteiger partial charge in [-0.3, -0.25) is 9.59 Å². The van der Waals surface area contributed by atoms with Gasteiger partial charge in [0.05, 0.1) is 0 Å². The summed E-state index contributed by atoms with van der Waals surface area (Å²) in [7, 11) is 0. The Balaban J connectivity index is 2.26. The summed E-state index contributed by atoms with van der Waals surface area (Å²) >= 11 is 6.24. The first-order valence-corrected chi connectivity index (χ1v) is 11.6. The second-order valence-electron chi connectivity index (χ2n) is 8.35. The van der Waals surface area contributed by atoms with Gasteiger partial charge in [0.25, 0.3) is 5.91 Å². The van der Waals surface area contributed by atoms with E-state index in [-0.39, 0.29) is 24.5 Å². The molecule has 2 rings (SSSR count). The van der Waals surface area contributed by atoms with E-state index in [1.54, 1.807) is 4.90 Å². The van der Waals surface area contributed by atoms with Crippen LogP contribution in [0, 0.1) is 20.8 Å². The van der Waals surface area contributed by atoms with Crippen molar-refractivity contribution in [3.05, 3.63) is 63.7 Å². The average Bonchev–Trinajstić information content (AvgIpc) is 2.76. The van der Waals surface area contributed by atoms with E-state index in [0.29, 0.717) is 23.7 Å². The molecule has 0 aliphatic heterocycles. The Labute approximate surface area is 197 Å². The van der Waals surface area contributed by atoms with Gasteiger partial charge in [-0.25, -0.2) is 0 Å². The molecule has 6 heteroatoms. The first kappa shape index (κ1) is 25.7. The molecule has 0 saturated heterocycles. The highest BCUT2D eigenvalue weighted by molar-refractivity contribution is 6.32. The van der Waals surface area contributed by atoms with Crippen LogP contribution in [0.5, 0.6) is 5.75 Å². The molecule has 0 saturated carbocycles. The van der Waals surface area contributed by atoms with Gasteiger partial charge in [-0.2, -0.15) is 0 Å². The van der Waals surface area contributed by atoms with Crippen molar-refractivity contribution in [2.45, 2.75) is 73.0 Å². The van der Waals surface area contributed by atoms with Crippen LogP contribution in [0.15, 0.2) is 36.4 Å². The molecule has 2 aromatic carbocycles. The second kappa shape index (κ2) is 11.9. The number of hydrogen-bond acceptors (Lipinski definition) is 3. The molecule has 2 amide bonds. The van der Waals surface area contributed by atoms with Crippen LogP contribution in [0.4, 0.5) is 0 Å². The lowest BCUT2D eigenvalue weighted by molar-refractivity contribution is -0.143. The van der Waals surface area contributed by atoms with Crippen molar-refractivity contribution in [2.75, 3.05) is 6.61 Å². The van der Waals surface area contributed by atoms with Crippen LogP contribution in [0.25, 0.3) is 0 Å².